The average Bonchev–Trinajstić information content (AvgIpc) is 2.55. The topological polar surface area (TPSA) is 18.5 Å². The second-order valence-corrected chi connectivity index (χ2v) is 5.41. The van der Waals surface area contributed by atoms with Gasteiger partial charge in [-0.1, -0.05) is 55.1 Å². The van der Waals surface area contributed by atoms with Gasteiger partial charge in [0.2, 0.25) is 0 Å². The summed E-state index contributed by atoms with van der Waals surface area (Å²) in [5, 5.41) is 0. The summed E-state index contributed by atoms with van der Waals surface area (Å²) in [4.78, 5) is 0. The van der Waals surface area contributed by atoms with E-state index in [-0.39, 0.29) is 0 Å². The SMILES string of the molecule is C=C/C=C1\C2=C(C)c3ccccc3OB2Oc2ccccc21. The molecule has 0 fully saturated rings. The molecule has 0 unspecified atom stereocenters. The highest BCUT2D eigenvalue weighted by Crippen LogP contribution is 2.45. The molecular formula is C19H15BO2. The molecule has 0 aromatic heterocycles. The van der Waals surface area contributed by atoms with Crippen molar-refractivity contribution in [3.63, 3.8) is 0 Å². The van der Waals surface area contributed by atoms with Crippen LogP contribution >= 0.6 is 0 Å². The minimum absolute atomic E-state index is 0.406. The van der Waals surface area contributed by atoms with Gasteiger partial charge in [0, 0.05) is 16.6 Å². The highest BCUT2D eigenvalue weighted by molar-refractivity contribution is 6.63. The maximum atomic E-state index is 6.08. The number of allylic oxidation sites excluding steroid dienone is 5. The van der Waals surface area contributed by atoms with E-state index in [1.54, 1.807) is 0 Å². The Balaban J connectivity index is 1.99. The lowest BCUT2D eigenvalue weighted by molar-refractivity contribution is 0.427. The maximum Gasteiger partial charge on any atom is 0.633 e. The highest BCUT2D eigenvalue weighted by atomic mass is 16.6. The van der Waals surface area contributed by atoms with Crippen molar-refractivity contribution >= 4 is 18.3 Å². The number of para-hydroxylation sites is 2. The summed E-state index contributed by atoms with van der Waals surface area (Å²) < 4.78 is 12.2. The molecule has 106 valence electrons. The fourth-order valence-corrected chi connectivity index (χ4v) is 3.14. The molecule has 0 atom stereocenters. The van der Waals surface area contributed by atoms with Crippen molar-refractivity contribution in [2.24, 2.45) is 0 Å². The molecule has 2 aromatic rings. The van der Waals surface area contributed by atoms with Crippen LogP contribution in [-0.2, 0) is 0 Å². The summed E-state index contributed by atoms with van der Waals surface area (Å²) >= 11 is 0. The van der Waals surface area contributed by atoms with Gasteiger partial charge >= 0.3 is 7.12 Å². The summed E-state index contributed by atoms with van der Waals surface area (Å²) in [5.41, 5.74) is 5.59. The Morgan fingerprint density at radius 1 is 0.909 bits per heavy atom. The molecule has 0 aliphatic carbocycles. The second kappa shape index (κ2) is 4.95. The smallest absolute Gasteiger partial charge is 0.521 e. The van der Waals surface area contributed by atoms with Crippen LogP contribution in [0, 0.1) is 0 Å². The number of benzene rings is 2. The van der Waals surface area contributed by atoms with Crippen molar-refractivity contribution in [3.05, 3.63) is 83.9 Å². The van der Waals surface area contributed by atoms with Crippen molar-refractivity contribution in [3.8, 4) is 11.5 Å². The monoisotopic (exact) mass is 286 g/mol. The van der Waals surface area contributed by atoms with E-state index in [4.69, 9.17) is 9.31 Å². The fourth-order valence-electron chi connectivity index (χ4n) is 3.14. The van der Waals surface area contributed by atoms with E-state index < -0.39 is 7.12 Å². The van der Waals surface area contributed by atoms with Gasteiger partial charge < -0.3 is 9.31 Å². The van der Waals surface area contributed by atoms with Crippen molar-refractivity contribution in [2.75, 3.05) is 0 Å². The number of fused-ring (bicyclic) bond motifs is 3. The van der Waals surface area contributed by atoms with Gasteiger partial charge in [-0.15, -0.1) is 0 Å². The van der Waals surface area contributed by atoms with E-state index in [1.165, 1.54) is 5.57 Å². The Labute approximate surface area is 130 Å². The molecule has 0 bridgehead atoms. The Morgan fingerprint density at radius 2 is 1.50 bits per heavy atom. The van der Waals surface area contributed by atoms with Crippen molar-refractivity contribution in [2.45, 2.75) is 6.92 Å². The lowest BCUT2D eigenvalue weighted by Gasteiger charge is -2.33. The maximum absolute atomic E-state index is 6.08. The summed E-state index contributed by atoms with van der Waals surface area (Å²) in [7, 11) is -0.406. The molecule has 2 aliphatic rings. The molecule has 0 saturated carbocycles. The molecule has 3 heteroatoms. The third kappa shape index (κ3) is 1.82. The normalized spacial score (nSPS) is 17.1. The first-order valence-corrected chi connectivity index (χ1v) is 7.35. The molecule has 0 radical (unpaired) electrons. The van der Waals surface area contributed by atoms with Crippen molar-refractivity contribution < 1.29 is 9.31 Å². The molecular weight excluding hydrogens is 271 g/mol. The summed E-state index contributed by atoms with van der Waals surface area (Å²) in [5.74, 6) is 1.71. The van der Waals surface area contributed by atoms with E-state index in [0.717, 1.165) is 33.7 Å². The zero-order valence-electron chi connectivity index (χ0n) is 12.4. The Bertz CT molecular complexity index is 833. The van der Waals surface area contributed by atoms with E-state index in [9.17, 15) is 0 Å². The first-order chi connectivity index (χ1) is 10.8. The number of hydrogen-bond acceptors (Lipinski definition) is 2. The quantitative estimate of drug-likeness (QED) is 0.716. The van der Waals surface area contributed by atoms with Crippen LogP contribution < -0.4 is 9.31 Å². The molecule has 2 aliphatic heterocycles. The van der Waals surface area contributed by atoms with Crippen molar-refractivity contribution in [1.29, 1.82) is 0 Å². The van der Waals surface area contributed by atoms with Crippen LogP contribution in [0.3, 0.4) is 0 Å². The third-order valence-corrected chi connectivity index (χ3v) is 4.15. The second-order valence-electron chi connectivity index (χ2n) is 5.41. The molecule has 2 heterocycles. The van der Waals surface area contributed by atoms with Crippen LogP contribution in [0.1, 0.15) is 18.1 Å². The fraction of sp³-hybridized carbons (Fsp3) is 0.0526. The summed E-state index contributed by atoms with van der Waals surface area (Å²) in [6.07, 6.45) is 3.85. The molecule has 0 N–H and O–H groups in total. The highest BCUT2D eigenvalue weighted by Gasteiger charge is 2.42. The molecule has 0 amide bonds. The first kappa shape index (κ1) is 13.0. The average molecular weight is 286 g/mol. The molecule has 2 aromatic carbocycles. The number of hydrogen-bond donors (Lipinski definition) is 0. The largest absolute Gasteiger partial charge is 0.633 e. The molecule has 0 spiro atoms. The number of rotatable bonds is 1. The minimum Gasteiger partial charge on any atom is -0.521 e. The van der Waals surface area contributed by atoms with Crippen LogP contribution in [0.4, 0.5) is 0 Å². The van der Waals surface area contributed by atoms with Gasteiger partial charge in [0.1, 0.15) is 11.5 Å². The predicted octanol–water partition coefficient (Wildman–Crippen LogP) is 4.54. The van der Waals surface area contributed by atoms with E-state index in [2.05, 4.69) is 25.6 Å². The third-order valence-electron chi connectivity index (χ3n) is 4.15. The molecule has 0 saturated heterocycles. The van der Waals surface area contributed by atoms with Crippen LogP contribution in [-0.4, -0.2) is 7.12 Å². The van der Waals surface area contributed by atoms with Gasteiger partial charge in [-0.2, -0.15) is 0 Å². The summed E-state index contributed by atoms with van der Waals surface area (Å²) in [6.45, 7) is 5.98. The molecule has 22 heavy (non-hydrogen) atoms. The van der Waals surface area contributed by atoms with Gasteiger partial charge in [0.25, 0.3) is 0 Å². The summed E-state index contributed by atoms with van der Waals surface area (Å²) in [6, 6.07) is 16.1. The molecule has 4 rings (SSSR count). The first-order valence-electron chi connectivity index (χ1n) is 7.35. The van der Waals surface area contributed by atoms with Crippen LogP contribution in [0.25, 0.3) is 11.1 Å². The Kier molecular flexibility index (Phi) is 2.93. The van der Waals surface area contributed by atoms with Gasteiger partial charge in [-0.3, -0.25) is 0 Å². The van der Waals surface area contributed by atoms with Crippen molar-refractivity contribution in [1.82, 2.24) is 0 Å². The van der Waals surface area contributed by atoms with E-state index >= 15 is 0 Å². The predicted molar refractivity (Wildman–Crippen MR) is 90.7 cm³/mol. The standard InChI is InChI=1S/C19H15BO2/c1-3-8-16-15-10-5-7-12-18(15)22-20-19(16)13(2)14-9-4-6-11-17(14)21-20/h3-12H,1H2,2H3/b16-8-. The van der Waals surface area contributed by atoms with E-state index in [1.807, 2.05) is 48.6 Å². The van der Waals surface area contributed by atoms with Gasteiger partial charge in [-0.05, 0) is 30.2 Å². The minimum atomic E-state index is -0.406. The van der Waals surface area contributed by atoms with Gasteiger partial charge in [-0.25, -0.2) is 0 Å². The Morgan fingerprint density at radius 3 is 2.18 bits per heavy atom. The lowest BCUT2D eigenvalue weighted by atomic mass is 9.64. The zero-order valence-corrected chi connectivity index (χ0v) is 12.4. The van der Waals surface area contributed by atoms with E-state index in [0.29, 0.717) is 0 Å². The van der Waals surface area contributed by atoms with Crippen LogP contribution in [0.5, 0.6) is 11.5 Å². The van der Waals surface area contributed by atoms with Crippen LogP contribution in [0.2, 0.25) is 0 Å². The Hall–Kier alpha value is -2.68. The van der Waals surface area contributed by atoms with Gasteiger partial charge in [0.05, 0.1) is 0 Å². The van der Waals surface area contributed by atoms with Crippen LogP contribution in [0.15, 0.2) is 72.7 Å². The van der Waals surface area contributed by atoms with Gasteiger partial charge in [0.15, 0.2) is 0 Å². The zero-order chi connectivity index (χ0) is 15.1. The molecule has 2 nitrogen and oxygen atoms in total. The lowest BCUT2D eigenvalue weighted by Crippen LogP contribution is -2.39.